The minimum Gasteiger partial charge on any atom is -0.360 e. The summed E-state index contributed by atoms with van der Waals surface area (Å²) in [5.74, 6) is 0. The quantitative estimate of drug-likeness (QED) is 0.128. The molecule has 4 unspecified atom stereocenters. The van der Waals surface area contributed by atoms with Gasteiger partial charge in [-0.3, -0.25) is 0 Å². The Morgan fingerprint density at radius 2 is 1.00 bits per heavy atom. The molecule has 13 rings (SSSR count). The van der Waals surface area contributed by atoms with Crippen LogP contribution in [0, 0.1) is 0 Å². The Kier molecular flexibility index (Phi) is 8.87. The Morgan fingerprint density at radius 3 is 1.58 bits per heavy atom. The highest BCUT2D eigenvalue weighted by Crippen LogP contribution is 2.57. The number of benzene rings is 6. The minimum atomic E-state index is -4.72. The average Bonchev–Trinajstić information content (AvgIpc) is 3.94. The highest BCUT2D eigenvalue weighted by atomic mass is 19.4. The second-order valence-corrected chi connectivity index (χ2v) is 18.8. The summed E-state index contributed by atoms with van der Waals surface area (Å²) in [5.41, 5.74) is 4.09. The second-order valence-electron chi connectivity index (χ2n) is 18.8. The van der Waals surface area contributed by atoms with Crippen LogP contribution in [0.1, 0.15) is 48.9 Å². The van der Waals surface area contributed by atoms with Crippen molar-refractivity contribution in [2.24, 2.45) is 0 Å². The van der Waals surface area contributed by atoms with Crippen LogP contribution in [-0.2, 0) is 39.7 Å². The van der Waals surface area contributed by atoms with Gasteiger partial charge in [-0.2, -0.15) is 35.5 Å². The van der Waals surface area contributed by atoms with Crippen LogP contribution in [0.3, 0.4) is 0 Å². The van der Waals surface area contributed by atoms with Gasteiger partial charge in [0.05, 0.1) is 57.4 Å². The van der Waals surface area contributed by atoms with Gasteiger partial charge in [0, 0.05) is 50.6 Å². The topological polar surface area (TPSA) is 36.1 Å². The van der Waals surface area contributed by atoms with E-state index in [1.54, 1.807) is 9.13 Å². The Labute approximate surface area is 391 Å². The van der Waals surface area contributed by atoms with E-state index in [-0.39, 0.29) is 13.0 Å². The summed E-state index contributed by atoms with van der Waals surface area (Å²) in [7, 11) is 0. The van der Waals surface area contributed by atoms with Crippen molar-refractivity contribution < 1.29 is 45.0 Å². The average molecular weight is 929 g/mol. The fraction of sp³-hybridized carbons (Fsp3) is 0.193. The molecule has 4 atom stereocenters. The van der Waals surface area contributed by atoms with Crippen LogP contribution in [0.2, 0.25) is 0 Å². The zero-order valence-electron chi connectivity index (χ0n) is 37.3. The van der Waals surface area contributed by atoms with E-state index in [4.69, 9.17) is 9.47 Å². The van der Waals surface area contributed by atoms with Gasteiger partial charge in [-0.15, -0.1) is 0 Å². The number of pyridine rings is 2. The van der Waals surface area contributed by atoms with Gasteiger partial charge in [0.15, 0.2) is 24.5 Å². The normalized spacial score (nSPS) is 21.2. The summed E-state index contributed by atoms with van der Waals surface area (Å²) >= 11 is 0. The van der Waals surface area contributed by atoms with E-state index in [1.807, 2.05) is 147 Å². The number of aromatic nitrogens is 4. The van der Waals surface area contributed by atoms with Crippen molar-refractivity contribution in [3.8, 4) is 33.9 Å². The molecule has 10 aromatic rings. The van der Waals surface area contributed by atoms with E-state index in [0.29, 0.717) is 34.5 Å². The molecule has 0 bridgehead atoms. The lowest BCUT2D eigenvalue weighted by molar-refractivity contribution is -0.794. The SMILES string of the molecule is CC1CC(C)OC2(CC3(C[n+]4cc(C(F)(F)F)ccc4-c4ccc5c(c43)c3ccccc3n5-c3ccccc3)O1)c1c(ccc3c1c1ccccc1n3-c1ccccc1)-c1ccc(C(F)(F)F)c[n+]12. The number of halogens is 6. The summed E-state index contributed by atoms with van der Waals surface area (Å²) in [6.45, 7) is 3.74. The first kappa shape index (κ1) is 41.9. The van der Waals surface area contributed by atoms with E-state index in [1.165, 1.54) is 12.1 Å². The lowest BCUT2D eigenvalue weighted by Crippen LogP contribution is -2.65. The van der Waals surface area contributed by atoms with Crippen LogP contribution in [0.4, 0.5) is 26.3 Å². The molecule has 3 aliphatic rings. The van der Waals surface area contributed by atoms with Crippen molar-refractivity contribution in [2.75, 3.05) is 0 Å². The Bertz CT molecular complexity index is 3750. The fourth-order valence-electron chi connectivity index (χ4n) is 12.2. The van der Waals surface area contributed by atoms with Crippen LogP contribution in [0.15, 0.2) is 170 Å². The Hall–Kier alpha value is -7.28. The van der Waals surface area contributed by atoms with Gasteiger partial charge in [-0.05, 0) is 93.1 Å². The summed E-state index contributed by atoms with van der Waals surface area (Å²) in [6.07, 6.45) is -7.97. The first-order valence-electron chi connectivity index (χ1n) is 23.1. The van der Waals surface area contributed by atoms with E-state index >= 15 is 13.2 Å². The van der Waals surface area contributed by atoms with Gasteiger partial charge in [0.2, 0.25) is 11.4 Å². The number of nitrogens with zero attached hydrogens (tertiary/aromatic N) is 4. The molecule has 1 saturated heterocycles. The van der Waals surface area contributed by atoms with Gasteiger partial charge in [-0.25, -0.2) is 0 Å². The van der Waals surface area contributed by atoms with Gasteiger partial charge >= 0.3 is 18.1 Å². The summed E-state index contributed by atoms with van der Waals surface area (Å²) in [4.78, 5) is 0. The van der Waals surface area contributed by atoms with E-state index in [9.17, 15) is 13.2 Å². The number of fused-ring (bicyclic) bond motifs is 17. The van der Waals surface area contributed by atoms with Crippen LogP contribution in [-0.4, -0.2) is 21.3 Å². The summed E-state index contributed by atoms with van der Waals surface area (Å²) in [6, 6.07) is 49.1. The van der Waals surface area contributed by atoms with Gasteiger partial charge in [0.25, 0.3) is 0 Å². The predicted molar refractivity (Wildman–Crippen MR) is 252 cm³/mol. The number of para-hydroxylation sites is 4. The molecular weight excluding hydrogens is 887 g/mol. The number of hydrogen-bond donors (Lipinski definition) is 0. The van der Waals surface area contributed by atoms with Crippen molar-refractivity contribution in [2.45, 2.75) is 69.1 Å². The summed E-state index contributed by atoms with van der Waals surface area (Å²) in [5, 5.41) is 3.38. The molecule has 1 fully saturated rings. The third-order valence-corrected chi connectivity index (χ3v) is 14.6. The molecule has 0 aliphatic carbocycles. The smallest absolute Gasteiger partial charge is 0.360 e. The maximum atomic E-state index is 15.2. The molecule has 6 aromatic carbocycles. The molecule has 0 radical (unpaired) electrons. The molecule has 3 aliphatic heterocycles. The van der Waals surface area contributed by atoms with Crippen molar-refractivity contribution in [3.63, 3.8) is 0 Å². The first-order valence-corrected chi connectivity index (χ1v) is 23.1. The standard InChI is InChI=1S/C57H42F6N4O2/c1-34-29-35(2)69-55(53-43(45-26-22-37(31-65(45)55)57(61,62)63)24-28-49-51(53)41-18-10-12-20-47(41)67(49)39-15-7-4-8-16-39)32-54(68-34)33-64-30-36(56(58,59)60)21-25-44(64)42-23-27-48-50(52(42)54)40-17-9-11-19-46(40)66(48)38-13-5-3-6-14-38/h3-28,30-31,34-35H,29,32-33H2,1-2H3/q+2. The molecule has 0 N–H and O–H groups in total. The number of alkyl halides is 6. The van der Waals surface area contributed by atoms with Crippen LogP contribution < -0.4 is 9.13 Å². The van der Waals surface area contributed by atoms with Crippen molar-refractivity contribution >= 4 is 43.6 Å². The van der Waals surface area contributed by atoms with Gasteiger partial charge in [0.1, 0.15) is 11.1 Å². The first-order chi connectivity index (χ1) is 33.2. The monoisotopic (exact) mass is 928 g/mol. The van der Waals surface area contributed by atoms with Crippen LogP contribution >= 0.6 is 0 Å². The molecule has 6 nitrogen and oxygen atoms in total. The largest absolute Gasteiger partial charge is 0.422 e. The molecule has 4 aromatic heterocycles. The molecule has 342 valence electrons. The predicted octanol–water partition coefficient (Wildman–Crippen LogP) is 13.4. The Morgan fingerprint density at radius 1 is 0.507 bits per heavy atom. The molecule has 0 saturated carbocycles. The molecule has 2 spiro atoms. The third-order valence-electron chi connectivity index (χ3n) is 14.6. The van der Waals surface area contributed by atoms with E-state index < -0.39 is 47.0 Å². The zero-order chi connectivity index (χ0) is 47.2. The second kappa shape index (κ2) is 14.6. The molecule has 69 heavy (non-hydrogen) atoms. The lowest BCUT2D eigenvalue weighted by atomic mass is 9.74. The van der Waals surface area contributed by atoms with Crippen molar-refractivity contribution in [1.29, 1.82) is 0 Å². The van der Waals surface area contributed by atoms with Crippen molar-refractivity contribution in [3.05, 3.63) is 192 Å². The van der Waals surface area contributed by atoms with E-state index in [0.717, 1.165) is 85.1 Å². The highest BCUT2D eigenvalue weighted by molar-refractivity contribution is 6.14. The summed E-state index contributed by atoms with van der Waals surface area (Å²) < 4.78 is 113. The Balaban J connectivity index is 1.19. The third kappa shape index (κ3) is 6.07. The maximum absolute atomic E-state index is 15.2. The van der Waals surface area contributed by atoms with Crippen molar-refractivity contribution in [1.82, 2.24) is 9.13 Å². The molecule has 0 amide bonds. The van der Waals surface area contributed by atoms with E-state index in [2.05, 4.69) is 9.13 Å². The lowest BCUT2D eigenvalue weighted by Gasteiger charge is -2.45. The maximum Gasteiger partial charge on any atom is 0.422 e. The number of hydrogen-bond acceptors (Lipinski definition) is 2. The van der Waals surface area contributed by atoms with Gasteiger partial charge in [-0.1, -0.05) is 72.8 Å². The molecule has 12 heteroatoms. The molecular formula is C57H42F6N4O2+2. The van der Waals surface area contributed by atoms with Crippen LogP contribution in [0.5, 0.6) is 0 Å². The molecule has 7 heterocycles. The highest BCUT2D eigenvalue weighted by Gasteiger charge is 2.64. The van der Waals surface area contributed by atoms with Gasteiger partial charge < -0.3 is 18.6 Å². The van der Waals surface area contributed by atoms with Crippen LogP contribution in [0.25, 0.3) is 77.5 Å². The number of ether oxygens (including phenoxy) is 2. The number of rotatable bonds is 2. The zero-order valence-corrected chi connectivity index (χ0v) is 37.3. The fourth-order valence-corrected chi connectivity index (χ4v) is 12.2. The minimum absolute atomic E-state index is 0.112.